The molecule has 2 unspecified atom stereocenters. The minimum Gasteiger partial charge on any atom is -0.382 e. The molecule has 4 nitrogen and oxygen atoms in total. The molecule has 0 amide bonds. The fraction of sp³-hybridized carbons (Fsp3) is 0.583. The lowest BCUT2D eigenvalue weighted by molar-refractivity contribution is 0.000603. The summed E-state index contributed by atoms with van der Waals surface area (Å²) < 4.78 is 10.7. The van der Waals surface area contributed by atoms with Crippen LogP contribution >= 0.6 is 0 Å². The van der Waals surface area contributed by atoms with E-state index in [2.05, 4.69) is 4.98 Å². The summed E-state index contributed by atoms with van der Waals surface area (Å²) >= 11 is 0. The van der Waals surface area contributed by atoms with E-state index in [4.69, 9.17) is 15.2 Å². The maximum Gasteiger partial charge on any atom is 0.115 e. The van der Waals surface area contributed by atoms with Crippen LogP contribution in [-0.2, 0) is 9.47 Å². The van der Waals surface area contributed by atoms with Gasteiger partial charge in [0.1, 0.15) is 6.10 Å². The first-order chi connectivity index (χ1) is 7.79. The van der Waals surface area contributed by atoms with Crippen LogP contribution in [0.25, 0.3) is 0 Å². The number of nitrogens with two attached hydrogens (primary N) is 1. The predicted molar refractivity (Wildman–Crippen MR) is 63.1 cm³/mol. The molecule has 0 fully saturated rings. The molecule has 0 saturated carbocycles. The molecule has 16 heavy (non-hydrogen) atoms. The Morgan fingerprint density at radius 2 is 2.19 bits per heavy atom. The van der Waals surface area contributed by atoms with Crippen LogP contribution in [0, 0.1) is 0 Å². The summed E-state index contributed by atoms with van der Waals surface area (Å²) in [5.41, 5.74) is 6.91. The smallest absolute Gasteiger partial charge is 0.115 e. The molecular formula is C12H20N2O2. The quantitative estimate of drug-likeness (QED) is 0.713. The molecule has 1 aromatic rings. The van der Waals surface area contributed by atoms with Crippen LogP contribution < -0.4 is 5.73 Å². The molecule has 0 aromatic carbocycles. The first-order valence-corrected chi connectivity index (χ1v) is 5.56. The minimum absolute atomic E-state index is 0.0354. The van der Waals surface area contributed by atoms with Gasteiger partial charge in [-0.3, -0.25) is 4.98 Å². The Morgan fingerprint density at radius 3 is 2.75 bits per heavy atom. The fourth-order valence-corrected chi connectivity index (χ4v) is 1.45. The van der Waals surface area contributed by atoms with Crippen LogP contribution in [-0.4, -0.2) is 31.3 Å². The van der Waals surface area contributed by atoms with Crippen molar-refractivity contribution in [2.24, 2.45) is 5.73 Å². The number of nitrogens with zero attached hydrogens (tertiary/aromatic N) is 1. The van der Waals surface area contributed by atoms with Gasteiger partial charge in [0.05, 0.1) is 18.9 Å². The highest BCUT2D eigenvalue weighted by Gasteiger charge is 2.19. The van der Waals surface area contributed by atoms with Crippen LogP contribution in [0.1, 0.15) is 25.1 Å². The number of methoxy groups -OCH3 is 1. The molecule has 1 rings (SSSR count). The van der Waals surface area contributed by atoms with Gasteiger partial charge in [0.15, 0.2) is 0 Å². The van der Waals surface area contributed by atoms with Crippen LogP contribution in [0.5, 0.6) is 0 Å². The Kier molecular flexibility index (Phi) is 6.00. The third-order valence-corrected chi connectivity index (χ3v) is 2.42. The molecule has 1 aromatic heterocycles. The van der Waals surface area contributed by atoms with Gasteiger partial charge in [0.2, 0.25) is 0 Å². The molecule has 1 heterocycles. The van der Waals surface area contributed by atoms with E-state index in [9.17, 15) is 0 Å². The molecule has 0 aliphatic heterocycles. The minimum atomic E-state index is -0.152. The number of hydrogen-bond donors (Lipinski definition) is 1. The summed E-state index contributed by atoms with van der Waals surface area (Å²) in [4.78, 5) is 4.28. The van der Waals surface area contributed by atoms with Gasteiger partial charge in [-0.2, -0.15) is 0 Å². The van der Waals surface area contributed by atoms with Gasteiger partial charge < -0.3 is 15.2 Å². The molecule has 2 N–H and O–H groups in total. The summed E-state index contributed by atoms with van der Waals surface area (Å²) in [6.07, 6.45) is 2.46. The number of pyridine rings is 1. The second-order valence-electron chi connectivity index (χ2n) is 3.61. The Morgan fingerprint density at radius 1 is 1.38 bits per heavy atom. The molecule has 0 radical (unpaired) electrons. The van der Waals surface area contributed by atoms with E-state index < -0.39 is 0 Å². The lowest BCUT2D eigenvalue weighted by Crippen LogP contribution is -2.30. The van der Waals surface area contributed by atoms with E-state index in [0.717, 1.165) is 12.1 Å². The summed E-state index contributed by atoms with van der Waals surface area (Å²) in [5, 5.41) is 0. The van der Waals surface area contributed by atoms with Crippen molar-refractivity contribution < 1.29 is 9.47 Å². The number of aromatic nitrogens is 1. The Hall–Kier alpha value is -0.970. The van der Waals surface area contributed by atoms with Crippen molar-refractivity contribution in [1.82, 2.24) is 4.98 Å². The lowest BCUT2D eigenvalue weighted by Gasteiger charge is -2.22. The number of hydrogen-bond acceptors (Lipinski definition) is 4. The van der Waals surface area contributed by atoms with Gasteiger partial charge in [-0.1, -0.05) is 13.0 Å². The zero-order chi connectivity index (χ0) is 11.8. The maximum atomic E-state index is 6.03. The monoisotopic (exact) mass is 224 g/mol. The second kappa shape index (κ2) is 7.33. The van der Waals surface area contributed by atoms with Crippen molar-refractivity contribution in [3.05, 3.63) is 30.1 Å². The largest absolute Gasteiger partial charge is 0.382 e. The average molecular weight is 224 g/mol. The van der Waals surface area contributed by atoms with E-state index in [0.29, 0.717) is 13.2 Å². The zero-order valence-electron chi connectivity index (χ0n) is 9.93. The molecule has 0 bridgehead atoms. The highest BCUT2D eigenvalue weighted by Crippen LogP contribution is 2.19. The molecule has 4 heteroatoms. The van der Waals surface area contributed by atoms with Crippen molar-refractivity contribution >= 4 is 0 Å². The van der Waals surface area contributed by atoms with Crippen molar-refractivity contribution in [2.45, 2.75) is 25.5 Å². The third-order valence-electron chi connectivity index (χ3n) is 2.42. The van der Waals surface area contributed by atoms with E-state index in [1.54, 1.807) is 13.3 Å². The van der Waals surface area contributed by atoms with Crippen LogP contribution in [0.3, 0.4) is 0 Å². The van der Waals surface area contributed by atoms with Crippen LogP contribution in [0.2, 0.25) is 0 Å². The maximum absolute atomic E-state index is 6.03. The first-order valence-electron chi connectivity index (χ1n) is 5.56. The third kappa shape index (κ3) is 3.89. The molecule has 0 aliphatic carbocycles. The van der Waals surface area contributed by atoms with E-state index in [-0.39, 0.29) is 12.1 Å². The van der Waals surface area contributed by atoms with E-state index in [1.165, 1.54) is 0 Å². The van der Waals surface area contributed by atoms with Gasteiger partial charge in [0, 0.05) is 19.3 Å². The summed E-state index contributed by atoms with van der Waals surface area (Å²) in [6.45, 7) is 3.14. The summed E-state index contributed by atoms with van der Waals surface area (Å²) in [5.74, 6) is 0. The fourth-order valence-electron chi connectivity index (χ4n) is 1.45. The van der Waals surface area contributed by atoms with Crippen molar-refractivity contribution in [1.29, 1.82) is 0 Å². The molecule has 0 aliphatic rings. The topological polar surface area (TPSA) is 57.4 Å². The Balaban J connectivity index is 2.64. The van der Waals surface area contributed by atoms with Gasteiger partial charge in [-0.05, 0) is 18.6 Å². The summed E-state index contributed by atoms with van der Waals surface area (Å²) in [6, 6.07) is 5.73. The zero-order valence-corrected chi connectivity index (χ0v) is 9.93. The van der Waals surface area contributed by atoms with Gasteiger partial charge in [-0.15, -0.1) is 0 Å². The second-order valence-corrected chi connectivity index (χ2v) is 3.61. The van der Waals surface area contributed by atoms with Crippen molar-refractivity contribution in [3.8, 4) is 0 Å². The van der Waals surface area contributed by atoms with Crippen LogP contribution in [0.15, 0.2) is 24.4 Å². The highest BCUT2D eigenvalue weighted by atomic mass is 16.5. The average Bonchev–Trinajstić information content (AvgIpc) is 2.35. The molecule has 2 atom stereocenters. The van der Waals surface area contributed by atoms with Gasteiger partial charge in [-0.25, -0.2) is 0 Å². The number of rotatable bonds is 7. The van der Waals surface area contributed by atoms with Crippen molar-refractivity contribution in [2.75, 3.05) is 20.3 Å². The molecule has 0 saturated heterocycles. The van der Waals surface area contributed by atoms with E-state index >= 15 is 0 Å². The standard InChI is InChI=1S/C12H20N2O2/c1-3-10(13)12(16-9-8-15-2)11-6-4-5-7-14-11/h4-7,10,12H,3,8-9,13H2,1-2H3. The van der Waals surface area contributed by atoms with Gasteiger partial charge in [0.25, 0.3) is 0 Å². The molecular weight excluding hydrogens is 204 g/mol. The number of ether oxygens (including phenoxy) is 2. The van der Waals surface area contributed by atoms with Crippen molar-refractivity contribution in [3.63, 3.8) is 0 Å². The lowest BCUT2D eigenvalue weighted by atomic mass is 10.1. The first kappa shape index (κ1) is 13.1. The Bertz CT molecular complexity index is 280. The van der Waals surface area contributed by atoms with Gasteiger partial charge >= 0.3 is 0 Å². The normalized spacial score (nSPS) is 14.7. The van der Waals surface area contributed by atoms with E-state index in [1.807, 2.05) is 25.1 Å². The molecule has 90 valence electrons. The molecule has 0 spiro atoms. The predicted octanol–water partition coefficient (Wildman–Crippen LogP) is 1.52. The Labute approximate surface area is 96.8 Å². The SMILES string of the molecule is CCC(N)C(OCCOC)c1ccccn1. The highest BCUT2D eigenvalue weighted by molar-refractivity contribution is 5.09. The summed E-state index contributed by atoms with van der Waals surface area (Å²) in [7, 11) is 1.65. The van der Waals surface area contributed by atoms with Crippen LogP contribution in [0.4, 0.5) is 0 Å².